The molecule has 32 heavy (non-hydrogen) atoms. The zero-order chi connectivity index (χ0) is 22.8. The van der Waals surface area contributed by atoms with Crippen LogP contribution in [0.15, 0.2) is 72.4 Å². The van der Waals surface area contributed by atoms with Crippen molar-refractivity contribution in [3.05, 3.63) is 89.1 Å². The van der Waals surface area contributed by atoms with Crippen molar-refractivity contribution in [3.63, 3.8) is 0 Å². The average molecular weight is 428 g/mol. The standard InChI is InChI=1S/C26H24N2O4/c1-16-5-9-18(10-6-16)23-24(27-19-11-7-17(2)8-12-19)26(30)28(25(23)29)20-13-14-21(31-3)22(15-20)32-4/h5-15,27H,1-4H3. The third kappa shape index (κ3) is 3.83. The van der Waals surface area contributed by atoms with Crippen molar-refractivity contribution < 1.29 is 19.1 Å². The molecule has 0 atom stereocenters. The molecule has 1 N–H and O–H groups in total. The fraction of sp³-hybridized carbons (Fsp3) is 0.154. The molecule has 6 heteroatoms. The van der Waals surface area contributed by atoms with Crippen LogP contribution in [-0.2, 0) is 9.59 Å². The van der Waals surface area contributed by atoms with Gasteiger partial charge in [-0.15, -0.1) is 0 Å². The molecule has 0 aromatic heterocycles. The van der Waals surface area contributed by atoms with Crippen LogP contribution in [0.4, 0.5) is 11.4 Å². The van der Waals surface area contributed by atoms with Gasteiger partial charge in [-0.25, -0.2) is 4.90 Å². The predicted molar refractivity (Wildman–Crippen MR) is 125 cm³/mol. The highest BCUT2D eigenvalue weighted by Crippen LogP contribution is 2.37. The van der Waals surface area contributed by atoms with Gasteiger partial charge in [0.2, 0.25) is 0 Å². The third-order valence-corrected chi connectivity index (χ3v) is 5.37. The second-order valence-electron chi connectivity index (χ2n) is 7.59. The van der Waals surface area contributed by atoms with Crippen LogP contribution in [0.1, 0.15) is 16.7 Å². The summed E-state index contributed by atoms with van der Waals surface area (Å²) in [6, 6.07) is 20.2. The molecule has 0 fully saturated rings. The molecule has 0 radical (unpaired) electrons. The van der Waals surface area contributed by atoms with Gasteiger partial charge < -0.3 is 14.8 Å². The Morgan fingerprint density at radius 1 is 0.719 bits per heavy atom. The molecule has 0 saturated carbocycles. The Morgan fingerprint density at radius 3 is 1.91 bits per heavy atom. The van der Waals surface area contributed by atoms with Crippen molar-refractivity contribution in [2.24, 2.45) is 0 Å². The van der Waals surface area contributed by atoms with Gasteiger partial charge in [-0.05, 0) is 43.7 Å². The Labute approximate surface area is 187 Å². The number of imide groups is 1. The van der Waals surface area contributed by atoms with Gasteiger partial charge in [0.15, 0.2) is 11.5 Å². The number of aryl methyl sites for hydroxylation is 2. The number of nitrogens with one attached hydrogen (secondary N) is 1. The minimum absolute atomic E-state index is 0.234. The number of carbonyl (C=O) groups is 2. The number of amides is 2. The first-order valence-electron chi connectivity index (χ1n) is 10.2. The normalized spacial score (nSPS) is 13.6. The van der Waals surface area contributed by atoms with Crippen molar-refractivity contribution in [3.8, 4) is 11.5 Å². The van der Waals surface area contributed by atoms with Crippen LogP contribution in [0.5, 0.6) is 11.5 Å². The minimum atomic E-state index is -0.432. The lowest BCUT2D eigenvalue weighted by molar-refractivity contribution is -0.120. The van der Waals surface area contributed by atoms with Crippen LogP contribution in [0, 0.1) is 13.8 Å². The molecule has 0 saturated heterocycles. The van der Waals surface area contributed by atoms with Gasteiger partial charge in [-0.2, -0.15) is 0 Å². The van der Waals surface area contributed by atoms with Gasteiger partial charge in [0.1, 0.15) is 5.70 Å². The van der Waals surface area contributed by atoms with E-state index in [4.69, 9.17) is 9.47 Å². The van der Waals surface area contributed by atoms with E-state index in [0.29, 0.717) is 28.3 Å². The number of anilines is 2. The second-order valence-corrected chi connectivity index (χ2v) is 7.59. The van der Waals surface area contributed by atoms with E-state index in [-0.39, 0.29) is 5.70 Å². The van der Waals surface area contributed by atoms with E-state index >= 15 is 0 Å². The number of carbonyl (C=O) groups excluding carboxylic acids is 2. The summed E-state index contributed by atoms with van der Waals surface area (Å²) in [6.07, 6.45) is 0. The predicted octanol–water partition coefficient (Wildman–Crippen LogP) is 4.72. The maximum absolute atomic E-state index is 13.5. The Kier molecular flexibility index (Phi) is 5.69. The number of ether oxygens (including phenoxy) is 2. The first kappa shape index (κ1) is 21.2. The molecule has 0 aliphatic carbocycles. The Hall–Kier alpha value is -4.06. The highest BCUT2D eigenvalue weighted by atomic mass is 16.5. The molecule has 0 spiro atoms. The summed E-state index contributed by atoms with van der Waals surface area (Å²) in [5.74, 6) is 0.113. The maximum atomic E-state index is 13.5. The molecule has 3 aromatic carbocycles. The van der Waals surface area contributed by atoms with Crippen LogP contribution >= 0.6 is 0 Å². The van der Waals surface area contributed by atoms with Gasteiger partial charge in [-0.3, -0.25) is 9.59 Å². The molecule has 0 bridgehead atoms. The lowest BCUT2D eigenvalue weighted by Crippen LogP contribution is -2.32. The number of methoxy groups -OCH3 is 2. The fourth-order valence-corrected chi connectivity index (χ4v) is 3.61. The molecule has 0 unspecified atom stereocenters. The fourth-order valence-electron chi connectivity index (χ4n) is 3.61. The van der Waals surface area contributed by atoms with E-state index in [2.05, 4.69) is 5.32 Å². The van der Waals surface area contributed by atoms with Crippen molar-refractivity contribution in [1.82, 2.24) is 0 Å². The Morgan fingerprint density at radius 2 is 1.31 bits per heavy atom. The Bertz CT molecular complexity index is 1210. The van der Waals surface area contributed by atoms with Crippen LogP contribution in [0.2, 0.25) is 0 Å². The quantitative estimate of drug-likeness (QED) is 0.576. The largest absolute Gasteiger partial charge is 0.493 e. The van der Waals surface area contributed by atoms with Gasteiger partial charge in [0.05, 0.1) is 25.5 Å². The van der Waals surface area contributed by atoms with E-state index in [9.17, 15) is 9.59 Å². The number of hydrogen-bond donors (Lipinski definition) is 1. The third-order valence-electron chi connectivity index (χ3n) is 5.37. The monoisotopic (exact) mass is 428 g/mol. The van der Waals surface area contributed by atoms with Crippen molar-refractivity contribution >= 4 is 28.8 Å². The molecule has 1 aliphatic heterocycles. The van der Waals surface area contributed by atoms with Crippen molar-refractivity contribution in [2.75, 3.05) is 24.4 Å². The molecule has 6 nitrogen and oxygen atoms in total. The molecule has 162 valence electrons. The maximum Gasteiger partial charge on any atom is 0.282 e. The number of benzene rings is 3. The van der Waals surface area contributed by atoms with E-state index in [0.717, 1.165) is 21.7 Å². The minimum Gasteiger partial charge on any atom is -0.493 e. The Balaban J connectivity index is 1.80. The van der Waals surface area contributed by atoms with Crippen LogP contribution in [-0.4, -0.2) is 26.0 Å². The van der Waals surface area contributed by atoms with Crippen LogP contribution in [0.25, 0.3) is 5.57 Å². The van der Waals surface area contributed by atoms with Crippen LogP contribution in [0.3, 0.4) is 0 Å². The topological polar surface area (TPSA) is 67.9 Å². The SMILES string of the molecule is COc1ccc(N2C(=O)C(Nc3ccc(C)cc3)=C(c3ccc(C)cc3)C2=O)cc1OC. The van der Waals surface area contributed by atoms with E-state index in [1.807, 2.05) is 62.4 Å². The highest BCUT2D eigenvalue weighted by molar-refractivity contribution is 6.46. The van der Waals surface area contributed by atoms with Gasteiger partial charge in [0.25, 0.3) is 11.8 Å². The smallest absolute Gasteiger partial charge is 0.282 e. The van der Waals surface area contributed by atoms with Crippen LogP contribution < -0.4 is 19.7 Å². The van der Waals surface area contributed by atoms with Gasteiger partial charge in [-0.1, -0.05) is 47.5 Å². The number of rotatable bonds is 6. The first-order chi connectivity index (χ1) is 15.4. The van der Waals surface area contributed by atoms with E-state index < -0.39 is 11.8 Å². The molecule has 3 aromatic rings. The molecule has 2 amide bonds. The highest BCUT2D eigenvalue weighted by Gasteiger charge is 2.40. The molecular weight excluding hydrogens is 404 g/mol. The summed E-state index contributed by atoms with van der Waals surface area (Å²) in [5.41, 5.74) is 4.53. The number of nitrogens with zero attached hydrogens (tertiary/aromatic N) is 1. The summed E-state index contributed by atoms with van der Waals surface area (Å²) in [7, 11) is 3.04. The van der Waals surface area contributed by atoms with Crippen molar-refractivity contribution in [1.29, 1.82) is 0 Å². The van der Waals surface area contributed by atoms with E-state index in [1.54, 1.807) is 18.2 Å². The molecular formula is C26H24N2O4. The zero-order valence-corrected chi connectivity index (χ0v) is 18.4. The molecule has 1 heterocycles. The summed E-state index contributed by atoms with van der Waals surface area (Å²) < 4.78 is 10.6. The number of hydrogen-bond acceptors (Lipinski definition) is 5. The first-order valence-corrected chi connectivity index (χ1v) is 10.2. The van der Waals surface area contributed by atoms with Gasteiger partial charge in [0, 0.05) is 11.8 Å². The van der Waals surface area contributed by atoms with E-state index in [1.165, 1.54) is 14.2 Å². The second kappa shape index (κ2) is 8.59. The van der Waals surface area contributed by atoms with Crippen molar-refractivity contribution in [2.45, 2.75) is 13.8 Å². The molecule has 1 aliphatic rings. The van der Waals surface area contributed by atoms with Gasteiger partial charge >= 0.3 is 0 Å². The zero-order valence-electron chi connectivity index (χ0n) is 18.4. The summed E-state index contributed by atoms with van der Waals surface area (Å²) in [5, 5.41) is 3.17. The summed E-state index contributed by atoms with van der Waals surface area (Å²) in [4.78, 5) is 28.2. The lowest BCUT2D eigenvalue weighted by Gasteiger charge is -2.17. The average Bonchev–Trinajstić information content (AvgIpc) is 3.04. The molecule has 4 rings (SSSR count). The summed E-state index contributed by atoms with van der Waals surface area (Å²) in [6.45, 7) is 3.96. The lowest BCUT2D eigenvalue weighted by atomic mass is 10.0. The summed E-state index contributed by atoms with van der Waals surface area (Å²) >= 11 is 0.